The van der Waals surface area contributed by atoms with E-state index < -0.39 is 11.7 Å². The Hall–Kier alpha value is -2.89. The van der Waals surface area contributed by atoms with Crippen LogP contribution in [-0.2, 0) is 17.5 Å². The highest BCUT2D eigenvalue weighted by Gasteiger charge is 2.31. The van der Waals surface area contributed by atoms with Crippen LogP contribution in [0.3, 0.4) is 0 Å². The second-order valence-corrected chi connectivity index (χ2v) is 7.97. The lowest BCUT2D eigenvalue weighted by Crippen LogP contribution is -2.23. The monoisotopic (exact) mass is 439 g/mol. The highest BCUT2D eigenvalue weighted by atomic mass is 32.2. The number of hydrogen-bond acceptors (Lipinski definition) is 8. The van der Waals surface area contributed by atoms with E-state index in [0.29, 0.717) is 18.9 Å². The molecular formula is C18H16F3N5O3S. The molecule has 158 valence electrons. The van der Waals surface area contributed by atoms with Crippen LogP contribution in [0.1, 0.15) is 42.4 Å². The Morgan fingerprint density at radius 1 is 1.30 bits per heavy atom. The molecule has 8 nitrogen and oxygen atoms in total. The van der Waals surface area contributed by atoms with Crippen LogP contribution in [0.15, 0.2) is 38.4 Å². The number of hydrogen-bond donors (Lipinski definition) is 0. The molecule has 30 heavy (non-hydrogen) atoms. The molecule has 3 aromatic rings. The number of likely N-dealkylation sites (tertiary alicyclic amines) is 1. The van der Waals surface area contributed by atoms with Crippen LogP contribution < -0.4 is 0 Å². The minimum absolute atomic E-state index is 0.0577. The number of aromatic nitrogens is 4. The smallest absolute Gasteiger partial charge is 0.414 e. The van der Waals surface area contributed by atoms with Gasteiger partial charge in [0.15, 0.2) is 0 Å². The lowest BCUT2D eigenvalue weighted by Gasteiger charge is -2.11. The minimum atomic E-state index is -4.46. The van der Waals surface area contributed by atoms with Crippen molar-refractivity contribution in [2.75, 3.05) is 6.54 Å². The number of carbonyl (C=O) groups excluding carboxylic acids is 1. The van der Waals surface area contributed by atoms with E-state index in [-0.39, 0.29) is 40.2 Å². The third-order valence-corrected chi connectivity index (χ3v) is 5.38. The number of benzene rings is 1. The molecule has 1 unspecified atom stereocenters. The Kier molecular flexibility index (Phi) is 5.50. The van der Waals surface area contributed by atoms with Gasteiger partial charge in [-0.05, 0) is 25.5 Å². The third-order valence-electron chi connectivity index (χ3n) is 4.46. The molecule has 0 aliphatic carbocycles. The number of carbonyl (C=O) groups is 1. The maximum atomic E-state index is 12.9. The first kappa shape index (κ1) is 20.4. The summed E-state index contributed by atoms with van der Waals surface area (Å²) in [5.41, 5.74) is -0.587. The molecule has 1 amide bonds. The van der Waals surface area contributed by atoms with Gasteiger partial charge >= 0.3 is 6.18 Å². The first-order chi connectivity index (χ1) is 14.3. The van der Waals surface area contributed by atoms with Crippen LogP contribution in [0.2, 0.25) is 0 Å². The lowest BCUT2D eigenvalue weighted by atomic mass is 10.1. The van der Waals surface area contributed by atoms with E-state index in [1.54, 1.807) is 11.8 Å². The summed E-state index contributed by atoms with van der Waals surface area (Å²) in [6, 6.07) is 4.71. The fourth-order valence-corrected chi connectivity index (χ4v) is 3.67. The third kappa shape index (κ3) is 4.48. The van der Waals surface area contributed by atoms with E-state index in [1.165, 1.54) is 23.9 Å². The maximum Gasteiger partial charge on any atom is 0.416 e. The SMILES string of the molecule is CC(Sc1nnc(CN2CCCC2=O)o1)c1nc(-c2cccc(C(F)(F)F)c2)no1. The van der Waals surface area contributed by atoms with Crippen LogP contribution in [0.4, 0.5) is 13.2 Å². The summed E-state index contributed by atoms with van der Waals surface area (Å²) < 4.78 is 49.5. The molecule has 4 rings (SSSR count). The number of nitrogens with zero attached hydrogens (tertiary/aromatic N) is 5. The zero-order valence-electron chi connectivity index (χ0n) is 15.7. The van der Waals surface area contributed by atoms with E-state index in [2.05, 4.69) is 20.3 Å². The number of alkyl halides is 3. The van der Waals surface area contributed by atoms with Crippen molar-refractivity contribution >= 4 is 17.7 Å². The van der Waals surface area contributed by atoms with Crippen molar-refractivity contribution in [3.05, 3.63) is 41.6 Å². The molecule has 0 N–H and O–H groups in total. The van der Waals surface area contributed by atoms with E-state index in [0.717, 1.165) is 18.6 Å². The fraction of sp³-hybridized carbons (Fsp3) is 0.389. The van der Waals surface area contributed by atoms with Gasteiger partial charge in [-0.25, -0.2) is 0 Å². The lowest BCUT2D eigenvalue weighted by molar-refractivity contribution is -0.137. The Labute approximate surface area is 172 Å². The molecule has 0 bridgehead atoms. The fourth-order valence-electron chi connectivity index (χ4n) is 2.94. The summed E-state index contributed by atoms with van der Waals surface area (Å²) in [6.07, 6.45) is -3.11. The van der Waals surface area contributed by atoms with Gasteiger partial charge in [-0.15, -0.1) is 10.2 Å². The quantitative estimate of drug-likeness (QED) is 0.529. The molecule has 0 radical (unpaired) electrons. The molecule has 1 saturated heterocycles. The summed E-state index contributed by atoms with van der Waals surface area (Å²) in [5, 5.41) is 11.6. The van der Waals surface area contributed by atoms with Gasteiger partial charge in [0.05, 0.1) is 17.4 Å². The molecule has 3 heterocycles. The minimum Gasteiger partial charge on any atom is -0.414 e. The summed E-state index contributed by atoms with van der Waals surface area (Å²) in [6.45, 7) is 2.70. The zero-order chi connectivity index (χ0) is 21.3. The Morgan fingerprint density at radius 2 is 2.13 bits per heavy atom. The standard InChI is InChI=1S/C18H16F3N5O3S/c1-10(30-17-24-23-13(28-17)9-26-7-3-6-14(26)27)16-22-15(25-29-16)11-4-2-5-12(8-11)18(19,20)21/h2,4-5,8,10H,3,6-7,9H2,1H3. The summed E-state index contributed by atoms with van der Waals surface area (Å²) >= 11 is 1.17. The molecule has 1 aliphatic heterocycles. The van der Waals surface area contributed by atoms with E-state index in [1.807, 2.05) is 0 Å². The highest BCUT2D eigenvalue weighted by Crippen LogP contribution is 2.35. The average molecular weight is 439 g/mol. The molecule has 1 aliphatic rings. The summed E-state index contributed by atoms with van der Waals surface area (Å²) in [5.74, 6) is 0.656. The Bertz CT molecular complexity index is 1050. The second-order valence-electron chi connectivity index (χ2n) is 6.68. The molecule has 0 spiro atoms. The van der Waals surface area contributed by atoms with Crippen LogP contribution in [-0.4, -0.2) is 37.7 Å². The largest absolute Gasteiger partial charge is 0.416 e. The van der Waals surface area contributed by atoms with Crippen molar-refractivity contribution in [2.24, 2.45) is 0 Å². The predicted octanol–water partition coefficient (Wildman–Crippen LogP) is 4.11. The van der Waals surface area contributed by atoms with Gasteiger partial charge in [0, 0.05) is 18.5 Å². The topological polar surface area (TPSA) is 98.2 Å². The molecular weight excluding hydrogens is 423 g/mol. The van der Waals surface area contributed by atoms with Crippen molar-refractivity contribution in [3.8, 4) is 11.4 Å². The number of amides is 1. The van der Waals surface area contributed by atoms with Gasteiger partial charge in [-0.1, -0.05) is 29.1 Å². The maximum absolute atomic E-state index is 12.9. The normalized spacial score (nSPS) is 15.7. The first-order valence-corrected chi connectivity index (χ1v) is 9.95. The van der Waals surface area contributed by atoms with Crippen LogP contribution in [0.5, 0.6) is 0 Å². The highest BCUT2D eigenvalue weighted by molar-refractivity contribution is 7.99. The van der Waals surface area contributed by atoms with Gasteiger partial charge in [0.1, 0.15) is 0 Å². The molecule has 12 heteroatoms. The second kappa shape index (κ2) is 8.09. The van der Waals surface area contributed by atoms with Crippen molar-refractivity contribution in [1.29, 1.82) is 0 Å². The number of rotatable bonds is 6. The number of thioether (sulfide) groups is 1. The Morgan fingerprint density at radius 3 is 2.87 bits per heavy atom. The number of halogens is 3. The van der Waals surface area contributed by atoms with E-state index in [4.69, 9.17) is 8.94 Å². The average Bonchev–Trinajstić information content (AvgIpc) is 3.44. The van der Waals surface area contributed by atoms with Crippen molar-refractivity contribution in [1.82, 2.24) is 25.2 Å². The van der Waals surface area contributed by atoms with Gasteiger partial charge in [-0.3, -0.25) is 4.79 Å². The van der Waals surface area contributed by atoms with E-state index >= 15 is 0 Å². The van der Waals surface area contributed by atoms with Crippen molar-refractivity contribution in [3.63, 3.8) is 0 Å². The molecule has 0 saturated carbocycles. The summed E-state index contributed by atoms with van der Waals surface area (Å²) in [4.78, 5) is 17.5. The zero-order valence-corrected chi connectivity index (χ0v) is 16.5. The first-order valence-electron chi connectivity index (χ1n) is 9.07. The predicted molar refractivity (Wildman–Crippen MR) is 98.0 cm³/mol. The molecule has 1 fully saturated rings. The Balaban J connectivity index is 1.42. The van der Waals surface area contributed by atoms with Crippen molar-refractivity contribution < 1.29 is 26.9 Å². The summed E-state index contributed by atoms with van der Waals surface area (Å²) in [7, 11) is 0. The van der Waals surface area contributed by atoms with Crippen molar-refractivity contribution in [2.45, 2.75) is 43.0 Å². The van der Waals surface area contributed by atoms with Gasteiger partial charge in [-0.2, -0.15) is 18.2 Å². The van der Waals surface area contributed by atoms with Crippen LogP contribution >= 0.6 is 11.8 Å². The van der Waals surface area contributed by atoms with Gasteiger partial charge in [0.2, 0.25) is 23.5 Å². The van der Waals surface area contributed by atoms with E-state index in [9.17, 15) is 18.0 Å². The molecule has 1 atom stereocenters. The van der Waals surface area contributed by atoms with Crippen LogP contribution in [0, 0.1) is 0 Å². The molecule has 1 aromatic carbocycles. The van der Waals surface area contributed by atoms with Gasteiger partial charge in [0.25, 0.3) is 5.22 Å². The van der Waals surface area contributed by atoms with Crippen LogP contribution in [0.25, 0.3) is 11.4 Å². The molecule has 2 aromatic heterocycles. The van der Waals surface area contributed by atoms with Gasteiger partial charge < -0.3 is 13.8 Å².